The maximum absolute atomic E-state index is 2.49. The second-order valence-corrected chi connectivity index (χ2v) is 8.94. The first-order valence-electron chi connectivity index (χ1n) is 11.2. The van der Waals surface area contributed by atoms with E-state index in [1.165, 1.54) is 58.2 Å². The Bertz CT molecular complexity index is 1050. The highest BCUT2D eigenvalue weighted by Gasteiger charge is 2.49. The van der Waals surface area contributed by atoms with Gasteiger partial charge in [-0.25, -0.2) is 0 Å². The highest BCUT2D eigenvalue weighted by molar-refractivity contribution is 5.77. The van der Waals surface area contributed by atoms with Crippen molar-refractivity contribution in [1.29, 1.82) is 0 Å². The number of hydrogen-bond donors (Lipinski definition) is 0. The van der Waals surface area contributed by atoms with Gasteiger partial charge in [0.05, 0.1) is 0 Å². The minimum absolute atomic E-state index is 0.325. The molecule has 0 N–H and O–H groups in total. The van der Waals surface area contributed by atoms with Crippen LogP contribution in [-0.2, 0) is 11.8 Å². The van der Waals surface area contributed by atoms with Crippen molar-refractivity contribution in [2.45, 2.75) is 57.3 Å². The van der Waals surface area contributed by atoms with Crippen LogP contribution in [0.5, 0.6) is 0 Å². The monoisotopic (exact) mass is 378 g/mol. The van der Waals surface area contributed by atoms with E-state index >= 15 is 0 Å². The van der Waals surface area contributed by atoms with Gasteiger partial charge in [-0.3, -0.25) is 0 Å². The predicted octanol–water partition coefficient (Wildman–Crippen LogP) is 7.91. The van der Waals surface area contributed by atoms with Gasteiger partial charge in [-0.15, -0.1) is 0 Å². The van der Waals surface area contributed by atoms with Gasteiger partial charge in [0.1, 0.15) is 0 Å². The molecule has 0 nitrogen and oxygen atoms in total. The summed E-state index contributed by atoms with van der Waals surface area (Å²) < 4.78 is 0. The molecule has 0 spiro atoms. The van der Waals surface area contributed by atoms with Crippen LogP contribution in [0.3, 0.4) is 0 Å². The number of fused-ring (bicyclic) bond motifs is 3. The average Bonchev–Trinajstić information content (AvgIpc) is 3.49. The number of hydrogen-bond acceptors (Lipinski definition) is 0. The lowest BCUT2D eigenvalue weighted by atomic mass is 9.79. The van der Waals surface area contributed by atoms with Crippen LogP contribution in [0.4, 0.5) is 0 Å². The number of benzene rings is 3. The third-order valence-corrected chi connectivity index (χ3v) is 7.19. The van der Waals surface area contributed by atoms with Gasteiger partial charge in [-0.05, 0) is 70.5 Å². The SMILES string of the molecule is CCC/C=C/c1ccc(C2(C(C)c3ccc4c(c3)Cc3ccccc3-4)CC2)cc1. The Hall–Kier alpha value is -2.60. The minimum Gasteiger partial charge on any atom is -0.0840 e. The van der Waals surface area contributed by atoms with Gasteiger partial charge in [0.15, 0.2) is 0 Å². The summed E-state index contributed by atoms with van der Waals surface area (Å²) in [6, 6.07) is 25.4. The first-order valence-corrected chi connectivity index (χ1v) is 11.2. The van der Waals surface area contributed by atoms with E-state index in [0.717, 1.165) is 12.8 Å². The van der Waals surface area contributed by atoms with Crippen molar-refractivity contribution in [2.75, 3.05) is 0 Å². The molecule has 0 radical (unpaired) electrons. The molecule has 0 heteroatoms. The summed E-state index contributed by atoms with van der Waals surface area (Å²) in [4.78, 5) is 0. The maximum atomic E-state index is 2.49. The minimum atomic E-state index is 0.325. The third kappa shape index (κ3) is 3.25. The van der Waals surface area contributed by atoms with Gasteiger partial charge >= 0.3 is 0 Å². The normalized spacial score (nSPS) is 17.2. The van der Waals surface area contributed by atoms with Crippen molar-refractivity contribution < 1.29 is 0 Å². The molecule has 3 aromatic carbocycles. The molecule has 0 aliphatic heterocycles. The van der Waals surface area contributed by atoms with Crippen LogP contribution in [0.2, 0.25) is 0 Å². The molecule has 1 unspecified atom stereocenters. The van der Waals surface area contributed by atoms with Gasteiger partial charge in [0.2, 0.25) is 0 Å². The molecule has 5 rings (SSSR count). The fourth-order valence-electron chi connectivity index (χ4n) is 5.17. The van der Waals surface area contributed by atoms with Crippen LogP contribution in [0, 0.1) is 0 Å². The molecule has 1 atom stereocenters. The van der Waals surface area contributed by atoms with E-state index in [1.54, 1.807) is 0 Å². The molecule has 2 aliphatic rings. The molecular weight excluding hydrogens is 348 g/mol. The first kappa shape index (κ1) is 18.4. The van der Waals surface area contributed by atoms with Crippen molar-refractivity contribution in [3.8, 4) is 11.1 Å². The lowest BCUT2D eigenvalue weighted by molar-refractivity contribution is 0.564. The van der Waals surface area contributed by atoms with Crippen LogP contribution in [0.1, 0.15) is 73.3 Å². The molecule has 0 amide bonds. The Balaban J connectivity index is 1.39. The molecule has 1 saturated carbocycles. The summed E-state index contributed by atoms with van der Waals surface area (Å²) >= 11 is 0. The summed E-state index contributed by atoms with van der Waals surface area (Å²) in [5, 5.41) is 0. The lowest BCUT2D eigenvalue weighted by Crippen LogP contribution is -2.16. The summed E-state index contributed by atoms with van der Waals surface area (Å²) in [6.45, 7) is 4.66. The Morgan fingerprint density at radius 2 is 1.66 bits per heavy atom. The molecule has 1 fully saturated rings. The molecule has 0 bridgehead atoms. The number of unbranched alkanes of at least 4 members (excludes halogenated alkanes) is 1. The van der Waals surface area contributed by atoms with E-state index in [9.17, 15) is 0 Å². The van der Waals surface area contributed by atoms with E-state index in [1.807, 2.05) is 0 Å². The zero-order chi connectivity index (χ0) is 19.8. The van der Waals surface area contributed by atoms with E-state index in [2.05, 4.69) is 92.7 Å². The van der Waals surface area contributed by atoms with Gasteiger partial charge in [-0.2, -0.15) is 0 Å². The topological polar surface area (TPSA) is 0 Å². The summed E-state index contributed by atoms with van der Waals surface area (Å²) in [5.74, 6) is 0.554. The Kier molecular flexibility index (Phi) is 4.66. The quantitative estimate of drug-likeness (QED) is 0.320. The van der Waals surface area contributed by atoms with Crippen LogP contribution in [-0.4, -0.2) is 0 Å². The van der Waals surface area contributed by atoms with Gasteiger partial charge in [0.25, 0.3) is 0 Å². The maximum Gasteiger partial charge on any atom is 0.00196 e. The van der Waals surface area contributed by atoms with Crippen molar-refractivity contribution >= 4 is 6.08 Å². The van der Waals surface area contributed by atoms with Gasteiger partial charge in [0, 0.05) is 5.41 Å². The zero-order valence-electron chi connectivity index (χ0n) is 17.6. The molecule has 0 aromatic heterocycles. The van der Waals surface area contributed by atoms with E-state index in [4.69, 9.17) is 0 Å². The molecule has 29 heavy (non-hydrogen) atoms. The Labute approximate surface area is 175 Å². The molecule has 0 saturated heterocycles. The second-order valence-electron chi connectivity index (χ2n) is 8.94. The fourth-order valence-corrected chi connectivity index (χ4v) is 5.17. The fraction of sp³-hybridized carbons (Fsp3) is 0.310. The van der Waals surface area contributed by atoms with Crippen LogP contribution < -0.4 is 0 Å². The molecular formula is C29H30. The van der Waals surface area contributed by atoms with Crippen LogP contribution >= 0.6 is 0 Å². The number of allylic oxidation sites excluding steroid dienone is 1. The smallest absolute Gasteiger partial charge is 0.00196 e. The van der Waals surface area contributed by atoms with Crippen LogP contribution in [0.15, 0.2) is 72.8 Å². The zero-order valence-corrected chi connectivity index (χ0v) is 17.6. The Morgan fingerprint density at radius 3 is 2.41 bits per heavy atom. The molecule has 3 aromatic rings. The standard InChI is InChI=1S/C29H30/c1-3-4-5-8-22-11-14-26(15-12-22)29(17-18-29)21(2)23-13-16-28-25(19-23)20-24-9-6-7-10-27(24)28/h5-16,19,21H,3-4,17-18,20H2,1-2H3/b8-5+. The third-order valence-electron chi connectivity index (χ3n) is 7.19. The van der Waals surface area contributed by atoms with Gasteiger partial charge in [-0.1, -0.05) is 99.2 Å². The predicted molar refractivity (Wildman–Crippen MR) is 124 cm³/mol. The van der Waals surface area contributed by atoms with Crippen molar-refractivity contribution in [3.05, 3.63) is 101 Å². The highest BCUT2D eigenvalue weighted by Crippen LogP contribution is 2.57. The lowest BCUT2D eigenvalue weighted by Gasteiger charge is -2.25. The Morgan fingerprint density at radius 1 is 0.897 bits per heavy atom. The van der Waals surface area contributed by atoms with Crippen molar-refractivity contribution in [3.63, 3.8) is 0 Å². The van der Waals surface area contributed by atoms with E-state index < -0.39 is 0 Å². The second kappa shape index (κ2) is 7.34. The van der Waals surface area contributed by atoms with E-state index in [-0.39, 0.29) is 0 Å². The van der Waals surface area contributed by atoms with Crippen LogP contribution in [0.25, 0.3) is 17.2 Å². The highest BCUT2D eigenvalue weighted by atomic mass is 14.5. The first-order chi connectivity index (χ1) is 14.2. The van der Waals surface area contributed by atoms with Crippen molar-refractivity contribution in [1.82, 2.24) is 0 Å². The number of rotatable bonds is 6. The largest absolute Gasteiger partial charge is 0.0840 e. The molecule has 0 heterocycles. The van der Waals surface area contributed by atoms with Gasteiger partial charge < -0.3 is 0 Å². The molecule has 2 aliphatic carbocycles. The summed E-state index contributed by atoms with van der Waals surface area (Å²) in [7, 11) is 0. The van der Waals surface area contributed by atoms with E-state index in [0.29, 0.717) is 11.3 Å². The van der Waals surface area contributed by atoms with Crippen molar-refractivity contribution in [2.24, 2.45) is 0 Å². The summed E-state index contributed by atoms with van der Waals surface area (Å²) in [5.41, 5.74) is 10.5. The summed E-state index contributed by atoms with van der Waals surface area (Å²) in [6.07, 6.45) is 10.6. The average molecular weight is 379 g/mol. The molecule has 146 valence electrons.